The quantitative estimate of drug-likeness (QED) is 0.218. The molecule has 0 aliphatic carbocycles. The van der Waals surface area contributed by atoms with Gasteiger partial charge in [0.2, 0.25) is 5.91 Å². The van der Waals surface area contributed by atoms with Gasteiger partial charge in [-0.25, -0.2) is 22.5 Å². The van der Waals surface area contributed by atoms with Crippen LogP contribution in [0.5, 0.6) is 5.75 Å². The van der Waals surface area contributed by atoms with Crippen LogP contribution in [0.25, 0.3) is 0 Å². The number of halogens is 4. The molecule has 1 unspecified atom stereocenters. The molecule has 2 N–H and O–H groups in total. The average molecular weight is 659 g/mol. The summed E-state index contributed by atoms with van der Waals surface area (Å²) in [6, 6.07) is 6.00. The summed E-state index contributed by atoms with van der Waals surface area (Å²) in [6.07, 6.45) is -3.81. The molecular formula is C28H34F4N6O4S2. The predicted molar refractivity (Wildman–Crippen MR) is 155 cm³/mol. The van der Waals surface area contributed by atoms with E-state index in [0.29, 0.717) is 61.9 Å². The lowest BCUT2D eigenvalue weighted by atomic mass is 9.97. The monoisotopic (exact) mass is 658 g/mol. The number of hydrogen-bond donors (Lipinski definition) is 2. The van der Waals surface area contributed by atoms with Gasteiger partial charge >= 0.3 is 10.1 Å². The van der Waals surface area contributed by atoms with Crippen LogP contribution >= 0.6 is 11.3 Å². The topological polar surface area (TPSA) is 118 Å². The van der Waals surface area contributed by atoms with E-state index in [4.69, 9.17) is 9.17 Å². The minimum atomic E-state index is -3.70. The van der Waals surface area contributed by atoms with Crippen LogP contribution in [0.4, 0.5) is 17.6 Å². The van der Waals surface area contributed by atoms with E-state index in [2.05, 4.69) is 15.7 Å². The van der Waals surface area contributed by atoms with E-state index in [-0.39, 0.29) is 17.8 Å². The summed E-state index contributed by atoms with van der Waals surface area (Å²) in [5, 5.41) is 13.2. The number of nitrogens with zero attached hydrogens (tertiary/aromatic N) is 4. The molecule has 0 bridgehead atoms. The van der Waals surface area contributed by atoms with E-state index in [1.807, 2.05) is 18.4 Å². The van der Waals surface area contributed by atoms with Crippen molar-refractivity contribution in [2.75, 3.05) is 18.8 Å². The summed E-state index contributed by atoms with van der Waals surface area (Å²) in [4.78, 5) is 19.2. The van der Waals surface area contributed by atoms with Gasteiger partial charge < -0.3 is 9.08 Å². The van der Waals surface area contributed by atoms with Gasteiger partial charge in [0, 0.05) is 43.0 Å². The van der Waals surface area contributed by atoms with Crippen LogP contribution in [0.2, 0.25) is 0 Å². The molecule has 1 saturated heterocycles. The van der Waals surface area contributed by atoms with E-state index in [1.54, 1.807) is 12.1 Å². The minimum absolute atomic E-state index is 0.0394. The molecule has 44 heavy (non-hydrogen) atoms. The largest absolute Gasteiger partial charge is 0.382 e. The Labute approximate surface area is 256 Å². The van der Waals surface area contributed by atoms with Gasteiger partial charge in [-0.05, 0) is 37.0 Å². The van der Waals surface area contributed by atoms with E-state index < -0.39 is 46.8 Å². The number of alkyl halides is 4. The standard InChI is InChI=1S/C28H34F4N6O4S2/c1-2-3-11-44(40,41)42-23-6-4-5-18-13-33-27(34-14-19(18)23)21-16-43-28(35-21)17-7-9-37(10-8-17)24(39)15-38-22(26(31)32)12-20(36-38)25(29)30/h4-6,12,16-17,25-27,33-34H,2-3,7-11,13-15H2,1H3. The normalized spacial score (nSPS) is 18.1. The SMILES string of the molecule is CCCCS(=O)(=O)Oc1cccc2c1CNC(c1csc(C3CCN(C(=O)Cn4nc(C(F)F)cc4C(F)F)CC3)n1)NC2. The number of benzene rings is 1. The Morgan fingerprint density at radius 3 is 2.59 bits per heavy atom. The zero-order valence-electron chi connectivity index (χ0n) is 24.0. The van der Waals surface area contributed by atoms with Crippen molar-refractivity contribution in [2.24, 2.45) is 0 Å². The maximum absolute atomic E-state index is 13.3. The van der Waals surface area contributed by atoms with Crippen LogP contribution in [0.15, 0.2) is 29.6 Å². The molecule has 3 aromatic rings. The first-order valence-corrected chi connectivity index (χ1v) is 16.9. The molecule has 240 valence electrons. The first kappa shape index (κ1) is 32.3. The molecule has 0 saturated carbocycles. The highest BCUT2D eigenvalue weighted by molar-refractivity contribution is 7.87. The highest BCUT2D eigenvalue weighted by Crippen LogP contribution is 2.33. The van der Waals surface area contributed by atoms with Gasteiger partial charge in [0.1, 0.15) is 29.8 Å². The predicted octanol–water partition coefficient (Wildman–Crippen LogP) is 5.02. The van der Waals surface area contributed by atoms with Gasteiger partial charge in [0.15, 0.2) is 0 Å². The Bertz CT molecular complexity index is 1560. The van der Waals surface area contributed by atoms with Gasteiger partial charge in [-0.2, -0.15) is 13.5 Å². The third kappa shape index (κ3) is 7.58. The van der Waals surface area contributed by atoms with Gasteiger partial charge in [-0.1, -0.05) is 25.5 Å². The van der Waals surface area contributed by atoms with Crippen LogP contribution in [0, 0.1) is 0 Å². The van der Waals surface area contributed by atoms with Gasteiger partial charge in [-0.15, -0.1) is 11.3 Å². The Morgan fingerprint density at radius 1 is 1.14 bits per heavy atom. The molecule has 1 aromatic carbocycles. The molecule has 2 aliphatic heterocycles. The lowest BCUT2D eigenvalue weighted by Gasteiger charge is -2.31. The van der Waals surface area contributed by atoms with Crippen LogP contribution in [-0.2, 0) is 34.5 Å². The molecule has 0 radical (unpaired) electrons. The zero-order chi connectivity index (χ0) is 31.4. The number of aromatic nitrogens is 3. The van der Waals surface area contributed by atoms with E-state index in [1.165, 1.54) is 16.2 Å². The van der Waals surface area contributed by atoms with Crippen molar-refractivity contribution < 1.29 is 35.0 Å². The molecule has 0 spiro atoms. The third-order valence-electron chi connectivity index (χ3n) is 7.77. The van der Waals surface area contributed by atoms with Crippen LogP contribution < -0.4 is 14.8 Å². The maximum Gasteiger partial charge on any atom is 0.309 e. The Morgan fingerprint density at radius 2 is 1.89 bits per heavy atom. The second-order valence-corrected chi connectivity index (χ2v) is 13.4. The second-order valence-electron chi connectivity index (χ2n) is 10.8. The number of nitrogens with one attached hydrogen (secondary N) is 2. The van der Waals surface area contributed by atoms with E-state index in [0.717, 1.165) is 28.2 Å². The second kappa shape index (κ2) is 13.9. The third-order valence-corrected chi connectivity index (χ3v) is 10.0. The summed E-state index contributed by atoms with van der Waals surface area (Å²) in [5.41, 5.74) is 1.01. The molecule has 2 aliphatic rings. The number of rotatable bonds is 11. The molecule has 1 fully saturated rings. The highest BCUT2D eigenvalue weighted by Gasteiger charge is 2.29. The lowest BCUT2D eigenvalue weighted by molar-refractivity contribution is -0.133. The van der Waals surface area contributed by atoms with Gasteiger partial charge in [0.25, 0.3) is 12.9 Å². The van der Waals surface area contributed by atoms with Crippen LogP contribution in [0.1, 0.15) is 90.8 Å². The summed E-state index contributed by atoms with van der Waals surface area (Å²) < 4.78 is 83.5. The summed E-state index contributed by atoms with van der Waals surface area (Å²) in [5.74, 6) is -0.0772. The lowest BCUT2D eigenvalue weighted by Crippen LogP contribution is -2.40. The summed E-state index contributed by atoms with van der Waals surface area (Å²) >= 11 is 1.51. The van der Waals surface area contributed by atoms with Gasteiger partial charge in [0.05, 0.1) is 16.5 Å². The Hall–Kier alpha value is -3.08. The summed E-state index contributed by atoms with van der Waals surface area (Å²) in [6.45, 7) is 3.01. The summed E-state index contributed by atoms with van der Waals surface area (Å²) in [7, 11) is -3.70. The van der Waals surface area contributed by atoms with Crippen LogP contribution in [-0.4, -0.2) is 52.8 Å². The first-order chi connectivity index (χ1) is 21.0. The molecule has 10 nitrogen and oxygen atoms in total. The Kier molecular flexibility index (Phi) is 10.2. The maximum atomic E-state index is 13.3. The minimum Gasteiger partial charge on any atom is -0.382 e. The van der Waals surface area contributed by atoms with Crippen molar-refractivity contribution in [2.45, 2.75) is 77.2 Å². The van der Waals surface area contributed by atoms with E-state index >= 15 is 0 Å². The van der Waals surface area contributed by atoms with Crippen molar-refractivity contribution in [3.8, 4) is 5.75 Å². The van der Waals surface area contributed by atoms with Gasteiger partial charge in [-0.3, -0.25) is 20.1 Å². The number of unbranched alkanes of at least 4 members (excludes halogenated alkanes) is 1. The molecule has 5 rings (SSSR count). The Balaban J connectivity index is 1.17. The highest BCUT2D eigenvalue weighted by atomic mass is 32.2. The number of carbonyl (C=O) groups is 1. The number of fused-ring (bicyclic) bond motifs is 1. The average Bonchev–Trinajstić information content (AvgIpc) is 3.60. The fourth-order valence-corrected chi connectivity index (χ4v) is 7.51. The van der Waals surface area contributed by atoms with Crippen molar-refractivity contribution in [1.82, 2.24) is 30.3 Å². The number of amides is 1. The fraction of sp³-hybridized carbons (Fsp3) is 0.536. The molecular weight excluding hydrogens is 624 g/mol. The van der Waals surface area contributed by atoms with Crippen molar-refractivity contribution in [3.63, 3.8) is 0 Å². The number of likely N-dealkylation sites (tertiary alicyclic amines) is 1. The van der Waals surface area contributed by atoms with E-state index in [9.17, 15) is 30.8 Å². The van der Waals surface area contributed by atoms with Crippen LogP contribution in [0.3, 0.4) is 0 Å². The molecule has 4 heterocycles. The molecule has 2 aromatic heterocycles. The fourth-order valence-electron chi connectivity index (χ4n) is 5.34. The number of carbonyl (C=O) groups excluding carboxylic acids is 1. The zero-order valence-corrected chi connectivity index (χ0v) is 25.7. The number of thiazole rings is 1. The van der Waals surface area contributed by atoms with Crippen molar-refractivity contribution in [3.05, 3.63) is 62.9 Å². The number of hydrogen-bond acceptors (Lipinski definition) is 9. The van der Waals surface area contributed by atoms with Crippen molar-refractivity contribution in [1.29, 1.82) is 0 Å². The smallest absolute Gasteiger partial charge is 0.309 e. The molecule has 1 atom stereocenters. The molecule has 1 amide bonds. The molecule has 16 heteroatoms. The first-order valence-electron chi connectivity index (χ1n) is 14.4. The van der Waals surface area contributed by atoms with Crippen molar-refractivity contribution >= 4 is 27.4 Å². The number of piperidine rings is 1.